The summed E-state index contributed by atoms with van der Waals surface area (Å²) < 4.78 is 0. The van der Waals surface area contributed by atoms with Gasteiger partial charge in [-0.25, -0.2) is 0 Å². The SMILES string of the molecule is CN1CCN(C2CCN(CC=O)CC2)CC1.C[NH-].[K+]. The van der Waals surface area contributed by atoms with Crippen LogP contribution in [0.3, 0.4) is 0 Å². The monoisotopic (exact) mass is 294 g/mol. The first kappa shape index (κ1) is 20.1. The van der Waals surface area contributed by atoms with Gasteiger partial charge in [-0.1, -0.05) is 0 Å². The van der Waals surface area contributed by atoms with Crippen molar-refractivity contribution in [3.05, 3.63) is 5.73 Å². The summed E-state index contributed by atoms with van der Waals surface area (Å²) in [5.74, 6) is 0. The molecule has 0 unspecified atom stereocenters. The third kappa shape index (κ3) is 7.11. The van der Waals surface area contributed by atoms with Gasteiger partial charge in [-0.05, 0) is 19.9 Å². The first-order chi connectivity index (χ1) is 8.79. The van der Waals surface area contributed by atoms with E-state index in [4.69, 9.17) is 5.73 Å². The third-order valence-electron chi connectivity index (χ3n) is 3.94. The quantitative estimate of drug-likeness (QED) is 0.429. The van der Waals surface area contributed by atoms with Gasteiger partial charge >= 0.3 is 51.4 Å². The van der Waals surface area contributed by atoms with Gasteiger partial charge in [-0.15, -0.1) is 0 Å². The van der Waals surface area contributed by atoms with Crippen molar-refractivity contribution in [2.24, 2.45) is 0 Å². The summed E-state index contributed by atoms with van der Waals surface area (Å²) in [6.07, 6.45) is 3.49. The maximum Gasteiger partial charge on any atom is 1.00 e. The Kier molecular flexibility index (Phi) is 12.5. The molecular formula is C13H27KN4O. The van der Waals surface area contributed by atoms with Crippen molar-refractivity contribution in [2.45, 2.75) is 18.9 Å². The van der Waals surface area contributed by atoms with E-state index in [2.05, 4.69) is 21.7 Å². The van der Waals surface area contributed by atoms with Crippen molar-refractivity contribution in [2.75, 3.05) is 59.9 Å². The van der Waals surface area contributed by atoms with Crippen molar-refractivity contribution in [1.29, 1.82) is 0 Å². The Bertz CT molecular complexity index is 227. The number of aldehydes is 1. The molecule has 0 aromatic rings. The molecule has 0 spiro atoms. The minimum Gasteiger partial charge on any atom is -0.680 e. The fourth-order valence-electron chi connectivity index (χ4n) is 2.76. The molecule has 0 amide bonds. The van der Waals surface area contributed by atoms with Crippen LogP contribution in [0.4, 0.5) is 0 Å². The molecule has 0 saturated carbocycles. The van der Waals surface area contributed by atoms with Gasteiger partial charge in [-0.3, -0.25) is 9.80 Å². The Labute approximate surface area is 160 Å². The Balaban J connectivity index is 0.00000103. The zero-order valence-electron chi connectivity index (χ0n) is 12.8. The number of piperidine rings is 1. The molecule has 0 aliphatic carbocycles. The number of nitrogens with one attached hydrogen (secondary N) is 1. The summed E-state index contributed by atoms with van der Waals surface area (Å²) in [6.45, 7) is 7.65. The van der Waals surface area contributed by atoms with E-state index in [1.807, 2.05) is 0 Å². The Morgan fingerprint density at radius 3 is 2.05 bits per heavy atom. The molecule has 2 rings (SSSR count). The van der Waals surface area contributed by atoms with Crippen LogP contribution >= 0.6 is 0 Å². The molecule has 0 aromatic heterocycles. The minimum absolute atomic E-state index is 0. The number of hydrogen-bond acceptors (Lipinski definition) is 4. The van der Waals surface area contributed by atoms with E-state index in [9.17, 15) is 4.79 Å². The molecule has 0 radical (unpaired) electrons. The molecule has 2 heterocycles. The standard InChI is InChI=1S/C12H23N3O.CH4N.K/c1-13-6-8-15(9-7-13)12-2-4-14(5-3-12)10-11-16;1-2;/h11-12H,2-10H2,1H3;2H,1H3;/q;-1;+1. The van der Waals surface area contributed by atoms with Crippen molar-refractivity contribution >= 4 is 6.29 Å². The first-order valence-electron chi connectivity index (χ1n) is 6.88. The smallest absolute Gasteiger partial charge is 0.680 e. The molecule has 2 aliphatic rings. The summed E-state index contributed by atoms with van der Waals surface area (Å²) in [6, 6.07) is 0.761. The second-order valence-electron chi connectivity index (χ2n) is 5.04. The molecule has 19 heavy (non-hydrogen) atoms. The first-order valence-corrected chi connectivity index (χ1v) is 6.88. The summed E-state index contributed by atoms with van der Waals surface area (Å²) in [5.41, 5.74) is 5.75. The van der Waals surface area contributed by atoms with Crippen LogP contribution in [0.5, 0.6) is 0 Å². The zero-order chi connectivity index (χ0) is 13.4. The molecule has 0 aromatic carbocycles. The fourth-order valence-corrected chi connectivity index (χ4v) is 2.76. The summed E-state index contributed by atoms with van der Waals surface area (Å²) in [5, 5.41) is 0. The maximum absolute atomic E-state index is 10.4. The largest absolute Gasteiger partial charge is 1.00 e. The number of rotatable bonds is 3. The van der Waals surface area contributed by atoms with Crippen molar-refractivity contribution in [1.82, 2.24) is 14.7 Å². The normalized spacial score (nSPS) is 23.1. The molecule has 2 fully saturated rings. The second kappa shape index (κ2) is 11.8. The number of nitrogens with zero attached hydrogens (tertiary/aromatic N) is 3. The predicted octanol–water partition coefficient (Wildman–Crippen LogP) is -2.43. The van der Waals surface area contributed by atoms with Crippen LogP contribution in [0.2, 0.25) is 0 Å². The van der Waals surface area contributed by atoms with E-state index in [1.54, 1.807) is 0 Å². The van der Waals surface area contributed by atoms with Crippen LogP contribution in [-0.2, 0) is 4.79 Å². The van der Waals surface area contributed by atoms with Crippen LogP contribution in [0.1, 0.15) is 12.8 Å². The zero-order valence-corrected chi connectivity index (χ0v) is 15.9. The van der Waals surface area contributed by atoms with Crippen LogP contribution in [0, 0.1) is 0 Å². The molecule has 106 valence electrons. The Morgan fingerprint density at radius 2 is 1.58 bits per heavy atom. The van der Waals surface area contributed by atoms with E-state index in [0.29, 0.717) is 6.54 Å². The van der Waals surface area contributed by atoms with E-state index in [0.717, 1.165) is 25.4 Å². The maximum atomic E-state index is 10.4. The number of piperazine rings is 1. The number of likely N-dealkylation sites (tertiary alicyclic amines) is 1. The Morgan fingerprint density at radius 1 is 1.05 bits per heavy atom. The summed E-state index contributed by atoms with van der Waals surface area (Å²) >= 11 is 0. The number of carbonyl (C=O) groups is 1. The van der Waals surface area contributed by atoms with E-state index < -0.39 is 0 Å². The van der Waals surface area contributed by atoms with Gasteiger partial charge in [0.1, 0.15) is 6.29 Å². The summed E-state index contributed by atoms with van der Waals surface area (Å²) in [4.78, 5) is 17.7. The van der Waals surface area contributed by atoms with Gasteiger partial charge < -0.3 is 15.4 Å². The van der Waals surface area contributed by atoms with Gasteiger partial charge in [0.15, 0.2) is 0 Å². The molecule has 0 bridgehead atoms. The van der Waals surface area contributed by atoms with Crippen molar-refractivity contribution < 1.29 is 56.2 Å². The second-order valence-corrected chi connectivity index (χ2v) is 5.04. The average Bonchev–Trinajstić information content (AvgIpc) is 2.43. The molecule has 2 aliphatic heterocycles. The summed E-state index contributed by atoms with van der Waals surface area (Å²) in [7, 11) is 3.45. The van der Waals surface area contributed by atoms with Gasteiger partial charge in [0.05, 0.1) is 6.54 Å². The van der Waals surface area contributed by atoms with E-state index >= 15 is 0 Å². The molecule has 1 N–H and O–H groups in total. The molecule has 5 nitrogen and oxygen atoms in total. The van der Waals surface area contributed by atoms with Crippen LogP contribution < -0.4 is 51.4 Å². The van der Waals surface area contributed by atoms with Crippen molar-refractivity contribution in [3.63, 3.8) is 0 Å². The topological polar surface area (TPSA) is 50.6 Å². The van der Waals surface area contributed by atoms with Crippen LogP contribution in [0.25, 0.3) is 5.73 Å². The van der Waals surface area contributed by atoms with E-state index in [1.165, 1.54) is 46.1 Å². The van der Waals surface area contributed by atoms with Crippen molar-refractivity contribution in [3.8, 4) is 0 Å². The molecular weight excluding hydrogens is 267 g/mol. The molecule has 6 heteroatoms. The molecule has 0 atom stereocenters. The number of carbonyl (C=O) groups excluding carboxylic acids is 1. The number of hydrogen-bond donors (Lipinski definition) is 0. The Hall–Kier alpha value is 1.15. The van der Waals surface area contributed by atoms with E-state index in [-0.39, 0.29) is 51.4 Å². The van der Waals surface area contributed by atoms with Gasteiger partial charge in [0.25, 0.3) is 0 Å². The van der Waals surface area contributed by atoms with Gasteiger partial charge in [0, 0.05) is 45.3 Å². The van der Waals surface area contributed by atoms with Crippen LogP contribution in [-0.4, -0.2) is 86.9 Å². The molecule has 2 saturated heterocycles. The third-order valence-corrected chi connectivity index (χ3v) is 3.94. The van der Waals surface area contributed by atoms with Gasteiger partial charge in [0.2, 0.25) is 0 Å². The fraction of sp³-hybridized carbons (Fsp3) is 0.923. The number of likely N-dealkylation sites (N-methyl/N-ethyl adjacent to an activating group) is 1. The minimum atomic E-state index is 0. The predicted molar refractivity (Wildman–Crippen MR) is 74.8 cm³/mol. The van der Waals surface area contributed by atoms with Gasteiger partial charge in [-0.2, -0.15) is 7.05 Å². The van der Waals surface area contributed by atoms with Crippen LogP contribution in [0.15, 0.2) is 0 Å². The average molecular weight is 294 g/mol.